The first kappa shape index (κ1) is 15.4. The number of aliphatic hydroxyl groups excluding tert-OH is 1. The molecule has 2 rings (SSSR count). The van der Waals surface area contributed by atoms with Crippen LogP contribution in [0, 0.1) is 17.5 Å². The van der Waals surface area contributed by atoms with Crippen LogP contribution in [0.5, 0.6) is 0 Å². The van der Waals surface area contributed by atoms with Gasteiger partial charge in [-0.15, -0.1) is 5.39 Å². The van der Waals surface area contributed by atoms with Crippen LogP contribution < -0.4 is 0 Å². The van der Waals surface area contributed by atoms with Crippen LogP contribution in [0.4, 0.5) is 0 Å². The van der Waals surface area contributed by atoms with E-state index in [0.29, 0.717) is 6.42 Å². The molecule has 0 fully saturated rings. The maximum atomic E-state index is 10.3. The second kappa shape index (κ2) is 5.79. The minimum Gasteiger partial charge on any atom is -0.738 e. The van der Waals surface area contributed by atoms with E-state index in [4.69, 9.17) is 5.21 Å². The highest BCUT2D eigenvalue weighted by Crippen LogP contribution is 2.40. The monoisotopic (exact) mass is 280 g/mol. The van der Waals surface area contributed by atoms with Gasteiger partial charge >= 0.3 is 0 Å². The summed E-state index contributed by atoms with van der Waals surface area (Å²) in [6.45, 7) is 6.56. The predicted molar refractivity (Wildman–Crippen MR) is 74.9 cm³/mol. The Kier molecular flexibility index (Phi) is 4.46. The van der Waals surface area contributed by atoms with Crippen LogP contribution in [0.2, 0.25) is 0 Å². The van der Waals surface area contributed by atoms with E-state index in [1.54, 1.807) is 0 Å². The van der Waals surface area contributed by atoms with Crippen LogP contribution >= 0.6 is 0 Å². The third kappa shape index (κ3) is 3.19. The lowest BCUT2D eigenvalue weighted by atomic mass is 9.89. The molecule has 0 aliphatic heterocycles. The molecule has 20 heavy (non-hydrogen) atoms. The lowest BCUT2D eigenvalue weighted by Crippen LogP contribution is -2.15. The van der Waals surface area contributed by atoms with Gasteiger partial charge in [-0.05, 0) is 59.4 Å². The summed E-state index contributed by atoms with van der Waals surface area (Å²) in [6, 6.07) is 2.17. The van der Waals surface area contributed by atoms with Crippen LogP contribution in [0.1, 0.15) is 41.7 Å². The number of aryl methyl sites for hydroxylation is 1. The number of benzene rings is 1. The summed E-state index contributed by atoms with van der Waals surface area (Å²) in [4.78, 5) is 4.51. The average Bonchev–Trinajstić information content (AvgIpc) is 2.63. The van der Waals surface area contributed by atoms with E-state index in [1.165, 1.54) is 11.1 Å². The van der Waals surface area contributed by atoms with Crippen molar-refractivity contribution in [2.24, 2.45) is 5.41 Å². The van der Waals surface area contributed by atoms with E-state index in [9.17, 15) is 10.3 Å². The fourth-order valence-electron chi connectivity index (χ4n) is 3.25. The van der Waals surface area contributed by atoms with Gasteiger partial charge in [0.25, 0.3) is 0 Å². The molecule has 1 aromatic carbocycles. The second-order valence-corrected chi connectivity index (χ2v) is 6.29. The predicted octanol–water partition coefficient (Wildman–Crippen LogP) is 2.28. The van der Waals surface area contributed by atoms with Crippen LogP contribution in [-0.2, 0) is 30.7 Å². The molecule has 0 unspecified atom stereocenters. The molecule has 0 bridgehead atoms. The van der Waals surface area contributed by atoms with Gasteiger partial charge in [-0.3, -0.25) is 4.84 Å². The SMILES string of the molecule is Cc1cc2c(c(CO)c1CCON([O-])O)CC(C)(C)C2. The quantitative estimate of drug-likeness (QED) is 0.809. The molecule has 0 saturated heterocycles. The van der Waals surface area contributed by atoms with Crippen molar-refractivity contribution in [3.8, 4) is 0 Å². The van der Waals surface area contributed by atoms with E-state index in [1.807, 2.05) is 6.92 Å². The fourth-order valence-corrected chi connectivity index (χ4v) is 3.25. The number of hydrogen-bond acceptors (Lipinski definition) is 5. The summed E-state index contributed by atoms with van der Waals surface area (Å²) in [5.74, 6) is 0. The normalized spacial score (nSPS) is 16.8. The van der Waals surface area contributed by atoms with Crippen molar-refractivity contribution in [2.45, 2.75) is 46.6 Å². The molecule has 2 N–H and O–H groups in total. The van der Waals surface area contributed by atoms with Crippen molar-refractivity contribution in [2.75, 3.05) is 6.61 Å². The molecular formula is C15H22NO4-. The van der Waals surface area contributed by atoms with Gasteiger partial charge in [0.05, 0.1) is 13.2 Å². The maximum absolute atomic E-state index is 10.3. The molecule has 1 aromatic rings. The van der Waals surface area contributed by atoms with E-state index in [0.717, 1.165) is 29.5 Å². The zero-order chi connectivity index (χ0) is 14.9. The molecule has 0 radical (unpaired) electrons. The largest absolute Gasteiger partial charge is 0.738 e. The van der Waals surface area contributed by atoms with Crippen molar-refractivity contribution < 1.29 is 15.2 Å². The molecule has 5 heteroatoms. The molecule has 0 spiro atoms. The molecule has 0 amide bonds. The Balaban J connectivity index is 2.29. The Morgan fingerprint density at radius 1 is 1.35 bits per heavy atom. The zero-order valence-electron chi connectivity index (χ0n) is 12.3. The summed E-state index contributed by atoms with van der Waals surface area (Å²) in [5.41, 5.74) is 5.86. The highest BCUT2D eigenvalue weighted by Gasteiger charge is 2.31. The third-order valence-corrected chi connectivity index (χ3v) is 4.02. The van der Waals surface area contributed by atoms with E-state index >= 15 is 0 Å². The number of aliphatic hydroxyl groups is 1. The van der Waals surface area contributed by atoms with Crippen molar-refractivity contribution in [3.63, 3.8) is 0 Å². The molecule has 1 aliphatic rings. The number of nitrogens with zero attached hydrogens (tertiary/aromatic N) is 1. The Morgan fingerprint density at radius 3 is 2.65 bits per heavy atom. The zero-order valence-corrected chi connectivity index (χ0v) is 12.3. The average molecular weight is 280 g/mol. The lowest BCUT2D eigenvalue weighted by Gasteiger charge is -2.20. The van der Waals surface area contributed by atoms with Crippen molar-refractivity contribution >= 4 is 0 Å². The Hall–Kier alpha value is -0.980. The van der Waals surface area contributed by atoms with E-state index in [-0.39, 0.29) is 18.6 Å². The number of fused-ring (bicyclic) bond motifs is 1. The molecule has 0 heterocycles. The topological polar surface area (TPSA) is 76.0 Å². The van der Waals surface area contributed by atoms with Crippen molar-refractivity contribution in [3.05, 3.63) is 39.1 Å². The Labute approximate surface area is 119 Å². The standard InChI is InChI=1S/C15H22NO4/c1-10-6-11-7-15(2,3)8-13(11)14(9-17)12(10)4-5-20-16(18)19/h6,17-18H,4-5,7-9H2,1-3H3/q-1. The minimum absolute atomic E-state index is 0.00432. The first-order chi connectivity index (χ1) is 9.34. The van der Waals surface area contributed by atoms with Crippen LogP contribution in [0.15, 0.2) is 6.07 Å². The van der Waals surface area contributed by atoms with Gasteiger partial charge in [-0.25, -0.2) is 0 Å². The summed E-state index contributed by atoms with van der Waals surface area (Å²) in [6.07, 6.45) is 2.48. The first-order valence-corrected chi connectivity index (χ1v) is 6.87. The minimum atomic E-state index is -0.523. The number of rotatable bonds is 5. The molecule has 0 atom stereocenters. The molecule has 112 valence electrons. The summed E-state index contributed by atoms with van der Waals surface area (Å²) >= 11 is 0. The van der Waals surface area contributed by atoms with Gasteiger partial charge in [0, 0.05) is 0 Å². The molecule has 0 saturated carbocycles. The highest BCUT2D eigenvalue weighted by atomic mass is 17.1. The highest BCUT2D eigenvalue weighted by molar-refractivity contribution is 5.49. The Morgan fingerprint density at radius 2 is 2.05 bits per heavy atom. The Bertz CT molecular complexity index is 497. The summed E-state index contributed by atoms with van der Waals surface area (Å²) in [7, 11) is 0. The second-order valence-electron chi connectivity index (χ2n) is 6.29. The van der Waals surface area contributed by atoms with Gasteiger partial charge in [0.15, 0.2) is 0 Å². The number of hydrogen-bond donors (Lipinski definition) is 2. The van der Waals surface area contributed by atoms with Crippen molar-refractivity contribution in [1.29, 1.82) is 0 Å². The lowest BCUT2D eigenvalue weighted by molar-refractivity contribution is -0.304. The van der Waals surface area contributed by atoms with Gasteiger partial charge in [-0.1, -0.05) is 19.9 Å². The van der Waals surface area contributed by atoms with Gasteiger partial charge < -0.3 is 15.5 Å². The van der Waals surface area contributed by atoms with E-state index in [2.05, 4.69) is 24.8 Å². The molecule has 5 nitrogen and oxygen atoms in total. The smallest absolute Gasteiger partial charge is 0.0740 e. The summed E-state index contributed by atoms with van der Waals surface area (Å²) in [5, 5.41) is 28.0. The van der Waals surface area contributed by atoms with E-state index < -0.39 is 5.39 Å². The van der Waals surface area contributed by atoms with Crippen LogP contribution in [-0.4, -0.2) is 22.3 Å². The first-order valence-electron chi connectivity index (χ1n) is 6.87. The molecular weight excluding hydrogens is 258 g/mol. The fraction of sp³-hybridized carbons (Fsp3) is 0.600. The molecule has 0 aromatic heterocycles. The third-order valence-electron chi connectivity index (χ3n) is 4.02. The summed E-state index contributed by atoms with van der Waals surface area (Å²) < 4.78 is 0. The molecule has 1 aliphatic carbocycles. The maximum Gasteiger partial charge on any atom is 0.0740 e. The van der Waals surface area contributed by atoms with Gasteiger partial charge in [0.2, 0.25) is 0 Å². The van der Waals surface area contributed by atoms with Crippen molar-refractivity contribution in [1.82, 2.24) is 5.39 Å². The van der Waals surface area contributed by atoms with Crippen LogP contribution in [0.25, 0.3) is 0 Å². The van der Waals surface area contributed by atoms with Crippen LogP contribution in [0.3, 0.4) is 0 Å². The van der Waals surface area contributed by atoms with Gasteiger partial charge in [0.1, 0.15) is 0 Å². The van der Waals surface area contributed by atoms with Gasteiger partial charge in [-0.2, -0.15) is 0 Å².